The topological polar surface area (TPSA) is 92.0 Å². The lowest BCUT2D eigenvalue weighted by Gasteiger charge is -2.28. The van der Waals surface area contributed by atoms with Crippen molar-refractivity contribution in [3.63, 3.8) is 0 Å². The summed E-state index contributed by atoms with van der Waals surface area (Å²) in [6.45, 7) is 3.23. The van der Waals surface area contributed by atoms with Crippen LogP contribution in [0.5, 0.6) is 11.5 Å². The summed E-state index contributed by atoms with van der Waals surface area (Å²) in [4.78, 5) is 43.4. The molecular formula is C35H32BrClFN3O6. The summed E-state index contributed by atoms with van der Waals surface area (Å²) in [5.41, 5.74) is 1.49. The van der Waals surface area contributed by atoms with E-state index in [0.717, 1.165) is 12.8 Å². The quantitative estimate of drug-likeness (QED) is 0.173. The summed E-state index contributed by atoms with van der Waals surface area (Å²) in [5.74, 6) is -0.503. The van der Waals surface area contributed by atoms with Gasteiger partial charge in [-0.05, 0) is 88.8 Å². The number of imidazole rings is 1. The Morgan fingerprint density at radius 1 is 1.00 bits per heavy atom. The van der Waals surface area contributed by atoms with E-state index in [2.05, 4.69) is 15.9 Å². The number of halogens is 3. The standard InChI is InChI=1S/C35H32BrClFN3O6/c1-20(27-10-9-25(16-30(27)38)47-26-18-45-19-26)14-32(42)33-31-17-39(34(43)21-2-11-28(36)29(37)15-21)12-13-40(31)35(44)41(33)22-3-5-23(6-4-22)46-24-7-8-24/h2-6,9-11,15-16,20,24,26H,7-8,12-14,17-19H2,1H3/t20-/m1/s1. The lowest BCUT2D eigenvalue weighted by Crippen LogP contribution is -2.41. The van der Waals surface area contributed by atoms with Crippen LogP contribution in [0.25, 0.3) is 5.69 Å². The second-order valence-electron chi connectivity index (χ2n) is 12.2. The van der Waals surface area contributed by atoms with E-state index in [1.54, 1.807) is 71.0 Å². The predicted molar refractivity (Wildman–Crippen MR) is 177 cm³/mol. The third kappa shape index (κ3) is 6.48. The first-order valence-electron chi connectivity index (χ1n) is 15.6. The number of benzene rings is 3. The lowest BCUT2D eigenvalue weighted by molar-refractivity contribution is -0.0797. The van der Waals surface area contributed by atoms with E-state index in [1.165, 1.54) is 10.6 Å². The van der Waals surface area contributed by atoms with E-state index in [0.29, 0.717) is 56.7 Å². The summed E-state index contributed by atoms with van der Waals surface area (Å²) < 4.78 is 35.7. The highest BCUT2D eigenvalue weighted by Gasteiger charge is 2.33. The smallest absolute Gasteiger partial charge is 0.333 e. The highest BCUT2D eigenvalue weighted by atomic mass is 79.9. The third-order valence-corrected chi connectivity index (χ3v) is 9.96. The van der Waals surface area contributed by atoms with Crippen LogP contribution in [-0.2, 0) is 17.8 Å². The van der Waals surface area contributed by atoms with Crippen LogP contribution in [0.2, 0.25) is 5.02 Å². The molecule has 3 aromatic carbocycles. The van der Waals surface area contributed by atoms with Gasteiger partial charge in [-0.15, -0.1) is 0 Å². The monoisotopic (exact) mass is 723 g/mol. The van der Waals surface area contributed by atoms with Crippen molar-refractivity contribution in [1.82, 2.24) is 14.0 Å². The molecule has 1 aliphatic carbocycles. The largest absolute Gasteiger partial charge is 0.490 e. The van der Waals surface area contributed by atoms with Crippen LogP contribution in [0.3, 0.4) is 0 Å². The first-order valence-corrected chi connectivity index (χ1v) is 16.8. The Kier molecular flexibility index (Phi) is 8.71. The number of carbonyl (C=O) groups is 2. The number of hydrogen-bond donors (Lipinski definition) is 0. The Morgan fingerprint density at radius 2 is 1.72 bits per heavy atom. The van der Waals surface area contributed by atoms with Gasteiger partial charge in [0.15, 0.2) is 5.78 Å². The van der Waals surface area contributed by atoms with Gasteiger partial charge in [0.05, 0.1) is 42.3 Å². The molecule has 12 heteroatoms. The zero-order valence-corrected chi connectivity index (χ0v) is 27.9. The summed E-state index contributed by atoms with van der Waals surface area (Å²) >= 11 is 9.63. The maximum atomic E-state index is 15.3. The second kappa shape index (κ2) is 12.9. The van der Waals surface area contributed by atoms with Gasteiger partial charge in [0.1, 0.15) is 29.1 Å². The van der Waals surface area contributed by atoms with Crippen LogP contribution in [0.1, 0.15) is 64.2 Å². The third-order valence-electron chi connectivity index (χ3n) is 8.72. The van der Waals surface area contributed by atoms with E-state index in [9.17, 15) is 14.4 Å². The van der Waals surface area contributed by atoms with Crippen LogP contribution in [0, 0.1) is 5.82 Å². The van der Waals surface area contributed by atoms with Gasteiger partial charge in [-0.1, -0.05) is 24.6 Å². The number of aromatic nitrogens is 2. The van der Waals surface area contributed by atoms with Crippen LogP contribution in [0.4, 0.5) is 4.39 Å². The first kappa shape index (κ1) is 31.7. The zero-order valence-electron chi connectivity index (χ0n) is 25.6. The summed E-state index contributed by atoms with van der Waals surface area (Å²) in [6.07, 6.45) is 2.07. The zero-order chi connectivity index (χ0) is 32.8. The van der Waals surface area contributed by atoms with Crippen LogP contribution in [0.15, 0.2) is 69.9 Å². The molecule has 7 rings (SSSR count). The minimum absolute atomic E-state index is 0.0400. The summed E-state index contributed by atoms with van der Waals surface area (Å²) in [5, 5.41) is 0.402. The number of rotatable bonds is 10. The number of hydrogen-bond acceptors (Lipinski definition) is 6. The number of fused-ring (bicyclic) bond motifs is 1. The SMILES string of the molecule is C[C@H](CC(=O)c1c2n(c(=O)n1-c1ccc(OC3CC3)cc1)CCN(C(=O)c1ccc(Br)c(Cl)c1)C2)c1ccc(OC2COC2)cc1F. The number of nitrogens with zero attached hydrogens (tertiary/aromatic N) is 3. The van der Waals surface area contributed by atoms with Crippen LogP contribution >= 0.6 is 27.5 Å². The van der Waals surface area contributed by atoms with Crippen molar-refractivity contribution < 1.29 is 28.2 Å². The number of amides is 1. The second-order valence-corrected chi connectivity index (χ2v) is 13.5. The molecule has 1 atom stereocenters. The lowest BCUT2D eigenvalue weighted by atomic mass is 9.93. The van der Waals surface area contributed by atoms with Crippen molar-refractivity contribution in [2.45, 2.75) is 57.4 Å². The van der Waals surface area contributed by atoms with E-state index < -0.39 is 11.7 Å². The summed E-state index contributed by atoms with van der Waals surface area (Å²) in [6, 6.07) is 16.7. The fourth-order valence-corrected chi connectivity index (χ4v) is 6.39. The van der Waals surface area contributed by atoms with Gasteiger partial charge in [0.2, 0.25) is 0 Å². The van der Waals surface area contributed by atoms with Crippen molar-refractivity contribution in [3.8, 4) is 17.2 Å². The Hall–Kier alpha value is -3.93. The molecule has 244 valence electrons. The summed E-state index contributed by atoms with van der Waals surface area (Å²) in [7, 11) is 0. The molecule has 3 heterocycles. The van der Waals surface area contributed by atoms with Gasteiger partial charge in [0, 0.05) is 35.6 Å². The molecule has 2 fully saturated rings. The molecular weight excluding hydrogens is 693 g/mol. The van der Waals surface area contributed by atoms with Crippen LogP contribution < -0.4 is 15.2 Å². The Balaban J connectivity index is 1.21. The van der Waals surface area contributed by atoms with Crippen molar-refractivity contribution in [2.24, 2.45) is 0 Å². The molecule has 1 saturated heterocycles. The maximum absolute atomic E-state index is 15.3. The van der Waals surface area contributed by atoms with Gasteiger partial charge in [0.25, 0.3) is 5.91 Å². The fraction of sp³-hybridized carbons (Fsp3) is 0.343. The van der Waals surface area contributed by atoms with Gasteiger partial charge in [-0.25, -0.2) is 9.18 Å². The molecule has 0 N–H and O–H groups in total. The number of ketones is 1. The van der Waals surface area contributed by atoms with E-state index >= 15 is 4.39 Å². The van der Waals surface area contributed by atoms with Gasteiger partial charge in [-0.3, -0.25) is 18.7 Å². The molecule has 1 amide bonds. The fourth-order valence-electron chi connectivity index (χ4n) is 5.96. The van der Waals surface area contributed by atoms with Crippen molar-refractivity contribution in [1.29, 1.82) is 0 Å². The molecule has 0 unspecified atom stereocenters. The molecule has 3 aliphatic rings. The molecule has 0 spiro atoms. The number of Topliss-reactive ketones (excluding diaryl/α,β-unsaturated/α-hetero) is 1. The Morgan fingerprint density at radius 3 is 2.38 bits per heavy atom. The van der Waals surface area contributed by atoms with Gasteiger partial charge in [-0.2, -0.15) is 0 Å². The average Bonchev–Trinajstić information content (AvgIpc) is 3.81. The molecule has 0 radical (unpaired) electrons. The van der Waals surface area contributed by atoms with Gasteiger partial charge >= 0.3 is 5.69 Å². The van der Waals surface area contributed by atoms with E-state index in [4.69, 9.17) is 25.8 Å². The molecule has 1 saturated carbocycles. The molecule has 0 bridgehead atoms. The molecule has 1 aromatic heterocycles. The molecule has 47 heavy (non-hydrogen) atoms. The Labute approximate surface area is 283 Å². The van der Waals surface area contributed by atoms with E-state index in [1.807, 2.05) is 0 Å². The predicted octanol–water partition coefficient (Wildman–Crippen LogP) is 6.55. The minimum atomic E-state index is -0.511. The Bertz CT molecular complexity index is 1920. The molecule has 2 aliphatic heterocycles. The first-order chi connectivity index (χ1) is 22.7. The van der Waals surface area contributed by atoms with Crippen molar-refractivity contribution >= 4 is 39.2 Å². The average molecular weight is 725 g/mol. The normalized spacial score (nSPS) is 16.7. The maximum Gasteiger partial charge on any atom is 0.333 e. The minimum Gasteiger partial charge on any atom is -0.490 e. The van der Waals surface area contributed by atoms with E-state index in [-0.39, 0.29) is 61.3 Å². The van der Waals surface area contributed by atoms with Crippen molar-refractivity contribution in [2.75, 3.05) is 19.8 Å². The number of carbonyl (C=O) groups excluding carboxylic acids is 2. The highest BCUT2D eigenvalue weighted by molar-refractivity contribution is 9.10. The molecule has 9 nitrogen and oxygen atoms in total. The van der Waals surface area contributed by atoms with Gasteiger partial charge < -0.3 is 19.1 Å². The number of ether oxygens (including phenoxy) is 3. The highest BCUT2D eigenvalue weighted by Crippen LogP contribution is 2.32. The van der Waals surface area contributed by atoms with Crippen molar-refractivity contribution in [3.05, 3.63) is 109 Å². The van der Waals surface area contributed by atoms with Crippen LogP contribution in [-0.4, -0.2) is 57.7 Å². The molecule has 4 aromatic rings.